The van der Waals surface area contributed by atoms with Gasteiger partial charge in [-0.3, -0.25) is 14.9 Å². The summed E-state index contributed by atoms with van der Waals surface area (Å²) >= 11 is 0. The number of hydrogen-bond donors (Lipinski definition) is 2. The molecule has 0 radical (unpaired) electrons. The fraction of sp³-hybridized carbons (Fsp3) is 0.545. The van der Waals surface area contributed by atoms with E-state index in [1.54, 1.807) is 0 Å². The van der Waals surface area contributed by atoms with Gasteiger partial charge in [-0.1, -0.05) is 6.92 Å². The Kier molecular flexibility index (Phi) is 3.61. The van der Waals surface area contributed by atoms with Crippen LogP contribution in [0.2, 0.25) is 0 Å². The van der Waals surface area contributed by atoms with Gasteiger partial charge in [0.2, 0.25) is 0 Å². The molecule has 7 nitrogen and oxygen atoms in total. The molecule has 7 heteroatoms. The Balaban J connectivity index is 2.00. The molecular formula is C11H15N3O4. The molecule has 0 aromatic carbocycles. The second-order valence-electron chi connectivity index (χ2n) is 4.45. The highest BCUT2D eigenvalue weighted by atomic mass is 16.6. The number of nitro groups is 1. The minimum Gasteiger partial charge on any atom is -0.395 e. The van der Waals surface area contributed by atoms with Crippen LogP contribution in [0.3, 0.4) is 0 Å². The monoisotopic (exact) mass is 253 g/mol. The van der Waals surface area contributed by atoms with Crippen LogP contribution in [0.1, 0.15) is 23.9 Å². The Hall–Kier alpha value is -1.89. The van der Waals surface area contributed by atoms with Crippen molar-refractivity contribution >= 4 is 11.8 Å². The van der Waals surface area contributed by atoms with Gasteiger partial charge in [-0.15, -0.1) is 0 Å². The lowest BCUT2D eigenvalue weighted by Crippen LogP contribution is -2.50. The summed E-state index contributed by atoms with van der Waals surface area (Å²) < 4.78 is 4.85. The molecule has 0 aliphatic carbocycles. The number of carbonyl (C=O) groups excluding carboxylic acids is 1. The number of rotatable bonds is 3. The topological polar surface area (TPSA) is 97.4 Å². The van der Waals surface area contributed by atoms with Crippen molar-refractivity contribution in [1.82, 2.24) is 10.6 Å². The summed E-state index contributed by atoms with van der Waals surface area (Å²) in [6.07, 6.45) is 0.989. The molecule has 1 aromatic rings. The van der Waals surface area contributed by atoms with Crippen molar-refractivity contribution in [1.29, 1.82) is 0 Å². The van der Waals surface area contributed by atoms with Gasteiger partial charge in [0.25, 0.3) is 5.91 Å². The van der Waals surface area contributed by atoms with Crippen LogP contribution in [0, 0.1) is 16.0 Å². The smallest absolute Gasteiger partial charge is 0.395 e. The average molecular weight is 253 g/mol. The molecule has 2 heterocycles. The van der Waals surface area contributed by atoms with Gasteiger partial charge >= 0.3 is 5.88 Å². The molecule has 1 amide bonds. The van der Waals surface area contributed by atoms with E-state index in [9.17, 15) is 14.9 Å². The van der Waals surface area contributed by atoms with Crippen molar-refractivity contribution in [2.75, 3.05) is 13.1 Å². The van der Waals surface area contributed by atoms with Crippen molar-refractivity contribution in [2.24, 2.45) is 5.92 Å². The lowest BCUT2D eigenvalue weighted by Gasteiger charge is -2.29. The highest BCUT2D eigenvalue weighted by molar-refractivity contribution is 5.91. The molecule has 2 rings (SSSR count). The molecule has 1 aliphatic rings. The van der Waals surface area contributed by atoms with E-state index in [-0.39, 0.29) is 11.8 Å². The van der Waals surface area contributed by atoms with Gasteiger partial charge < -0.3 is 15.1 Å². The predicted octanol–water partition coefficient (Wildman–Crippen LogP) is 0.916. The molecule has 1 saturated heterocycles. The minimum absolute atomic E-state index is 0.0235. The lowest BCUT2D eigenvalue weighted by atomic mass is 9.95. The Morgan fingerprint density at radius 1 is 1.61 bits per heavy atom. The standard InChI is InChI=1S/C11H15N3O4/c1-7-4-5-12-6-8(7)13-11(15)9-2-3-10(18-9)14(16)17/h2-3,7-8,12H,4-6H2,1H3,(H,13,15). The molecule has 1 aliphatic heterocycles. The van der Waals surface area contributed by atoms with E-state index in [0.717, 1.165) is 13.0 Å². The molecular weight excluding hydrogens is 238 g/mol. The van der Waals surface area contributed by atoms with Crippen molar-refractivity contribution in [3.05, 3.63) is 28.0 Å². The Bertz CT molecular complexity index is 457. The molecule has 18 heavy (non-hydrogen) atoms. The van der Waals surface area contributed by atoms with Crippen molar-refractivity contribution in [2.45, 2.75) is 19.4 Å². The number of nitrogens with zero attached hydrogens (tertiary/aromatic N) is 1. The SMILES string of the molecule is CC1CCNCC1NC(=O)c1ccc([N+](=O)[O-])o1. The molecule has 1 fully saturated rings. The van der Waals surface area contributed by atoms with Crippen LogP contribution in [0.25, 0.3) is 0 Å². The van der Waals surface area contributed by atoms with Gasteiger partial charge in [0.1, 0.15) is 4.92 Å². The van der Waals surface area contributed by atoms with Gasteiger partial charge in [0, 0.05) is 12.6 Å². The molecule has 2 N–H and O–H groups in total. The number of piperidine rings is 1. The second-order valence-corrected chi connectivity index (χ2v) is 4.45. The minimum atomic E-state index is -0.665. The highest BCUT2D eigenvalue weighted by Gasteiger charge is 2.25. The summed E-state index contributed by atoms with van der Waals surface area (Å²) in [5.74, 6) is -0.488. The van der Waals surface area contributed by atoms with Gasteiger partial charge in [-0.05, 0) is 24.9 Å². The third-order valence-corrected chi connectivity index (χ3v) is 3.14. The fourth-order valence-electron chi connectivity index (χ4n) is 1.97. The first kappa shape index (κ1) is 12.6. The normalized spacial score (nSPS) is 23.6. The van der Waals surface area contributed by atoms with E-state index >= 15 is 0 Å². The van der Waals surface area contributed by atoms with Crippen LogP contribution in [0.5, 0.6) is 0 Å². The Labute approximate surface area is 104 Å². The summed E-state index contributed by atoms with van der Waals surface area (Å²) in [6, 6.07) is 2.52. The first-order valence-corrected chi connectivity index (χ1v) is 5.83. The molecule has 0 saturated carbocycles. The van der Waals surface area contributed by atoms with E-state index in [2.05, 4.69) is 17.6 Å². The summed E-state index contributed by atoms with van der Waals surface area (Å²) in [5, 5.41) is 16.5. The van der Waals surface area contributed by atoms with E-state index in [0.29, 0.717) is 12.5 Å². The number of hydrogen-bond acceptors (Lipinski definition) is 5. The maximum atomic E-state index is 11.8. The molecule has 2 unspecified atom stereocenters. The molecule has 0 spiro atoms. The Morgan fingerprint density at radius 3 is 3.00 bits per heavy atom. The summed E-state index contributed by atoms with van der Waals surface area (Å²) in [4.78, 5) is 21.6. The van der Waals surface area contributed by atoms with E-state index < -0.39 is 16.7 Å². The second kappa shape index (κ2) is 5.18. The number of carbonyl (C=O) groups is 1. The van der Waals surface area contributed by atoms with Crippen LogP contribution in [-0.2, 0) is 0 Å². The zero-order valence-electron chi connectivity index (χ0n) is 10.0. The van der Waals surface area contributed by atoms with Gasteiger partial charge in [-0.2, -0.15) is 0 Å². The van der Waals surface area contributed by atoms with Crippen LogP contribution in [0.4, 0.5) is 5.88 Å². The van der Waals surface area contributed by atoms with Crippen LogP contribution < -0.4 is 10.6 Å². The van der Waals surface area contributed by atoms with Crippen molar-refractivity contribution in [3.63, 3.8) is 0 Å². The Morgan fingerprint density at radius 2 is 2.39 bits per heavy atom. The van der Waals surface area contributed by atoms with Crippen LogP contribution in [0.15, 0.2) is 16.5 Å². The summed E-state index contributed by atoms with van der Waals surface area (Å²) in [5.41, 5.74) is 0. The van der Waals surface area contributed by atoms with Crippen molar-refractivity contribution in [3.8, 4) is 0 Å². The quantitative estimate of drug-likeness (QED) is 0.616. The number of nitrogens with one attached hydrogen (secondary N) is 2. The largest absolute Gasteiger partial charge is 0.433 e. The zero-order valence-corrected chi connectivity index (χ0v) is 10.0. The third-order valence-electron chi connectivity index (χ3n) is 3.14. The maximum Gasteiger partial charge on any atom is 0.433 e. The summed E-state index contributed by atoms with van der Waals surface area (Å²) in [7, 11) is 0. The van der Waals surface area contributed by atoms with Crippen LogP contribution in [-0.4, -0.2) is 30.0 Å². The van der Waals surface area contributed by atoms with Crippen molar-refractivity contribution < 1.29 is 14.1 Å². The van der Waals surface area contributed by atoms with Gasteiger partial charge in [-0.25, -0.2) is 0 Å². The van der Waals surface area contributed by atoms with Crippen LogP contribution >= 0.6 is 0 Å². The van der Waals surface area contributed by atoms with E-state index in [4.69, 9.17) is 4.42 Å². The van der Waals surface area contributed by atoms with E-state index in [1.165, 1.54) is 12.1 Å². The third kappa shape index (κ3) is 2.67. The highest BCUT2D eigenvalue weighted by Crippen LogP contribution is 2.17. The van der Waals surface area contributed by atoms with Gasteiger partial charge in [0.05, 0.1) is 6.07 Å². The predicted molar refractivity (Wildman–Crippen MR) is 63.3 cm³/mol. The first-order valence-electron chi connectivity index (χ1n) is 5.83. The number of amides is 1. The lowest BCUT2D eigenvalue weighted by molar-refractivity contribution is -0.402. The molecule has 98 valence electrons. The maximum absolute atomic E-state index is 11.8. The molecule has 0 bridgehead atoms. The van der Waals surface area contributed by atoms with E-state index in [1.807, 2.05) is 0 Å². The van der Waals surface area contributed by atoms with Gasteiger partial charge in [0.15, 0.2) is 5.76 Å². The molecule has 2 atom stereocenters. The summed E-state index contributed by atoms with van der Waals surface area (Å²) in [6.45, 7) is 3.71. The molecule has 1 aromatic heterocycles. The average Bonchev–Trinajstić information content (AvgIpc) is 2.81. The number of furan rings is 1. The zero-order chi connectivity index (χ0) is 13.1. The fourth-order valence-corrected chi connectivity index (χ4v) is 1.97. The first-order chi connectivity index (χ1) is 8.58.